The van der Waals surface area contributed by atoms with Gasteiger partial charge in [-0.25, -0.2) is 13.4 Å². The van der Waals surface area contributed by atoms with Crippen molar-refractivity contribution in [2.75, 3.05) is 31.1 Å². The van der Waals surface area contributed by atoms with E-state index in [9.17, 15) is 8.42 Å². The fourth-order valence-electron chi connectivity index (χ4n) is 3.32. The number of anilines is 1. The van der Waals surface area contributed by atoms with Gasteiger partial charge < -0.3 is 15.2 Å². The van der Waals surface area contributed by atoms with Crippen molar-refractivity contribution in [2.24, 2.45) is 0 Å². The summed E-state index contributed by atoms with van der Waals surface area (Å²) in [6.45, 7) is 5.38. The molecule has 1 aliphatic rings. The molecular weight excluding hydrogens is 336 g/mol. The topological polar surface area (TPSA) is 78.1 Å². The van der Waals surface area contributed by atoms with Gasteiger partial charge in [0.15, 0.2) is 0 Å². The highest BCUT2D eigenvalue weighted by molar-refractivity contribution is 7.91. The van der Waals surface area contributed by atoms with Crippen LogP contribution in [0.5, 0.6) is 0 Å². The number of piperazine rings is 1. The van der Waals surface area contributed by atoms with Crippen molar-refractivity contribution in [1.82, 2.24) is 15.3 Å². The maximum atomic E-state index is 13.1. The molecule has 1 aliphatic heterocycles. The maximum Gasteiger partial charge on any atom is 0.209 e. The number of hydrogen-bond donors (Lipinski definition) is 2. The van der Waals surface area contributed by atoms with Crippen LogP contribution in [0.1, 0.15) is 5.69 Å². The van der Waals surface area contributed by atoms with Crippen LogP contribution in [0.15, 0.2) is 52.4 Å². The SMILES string of the molecule is Cc1[nH]c2ncc(N3CCNCC3)cc2c1S(=O)(=O)c1ccccc1. The van der Waals surface area contributed by atoms with Gasteiger partial charge in [-0.15, -0.1) is 0 Å². The zero-order valence-corrected chi connectivity index (χ0v) is 14.8. The Hall–Kier alpha value is -2.38. The third-order valence-electron chi connectivity index (χ3n) is 4.57. The average Bonchev–Trinajstić information content (AvgIpc) is 2.98. The highest BCUT2D eigenvalue weighted by Gasteiger charge is 2.25. The normalized spacial score (nSPS) is 15.6. The highest BCUT2D eigenvalue weighted by Crippen LogP contribution is 2.32. The van der Waals surface area contributed by atoms with Crippen LogP contribution in [0.4, 0.5) is 5.69 Å². The molecule has 0 atom stereocenters. The van der Waals surface area contributed by atoms with Crippen molar-refractivity contribution in [3.8, 4) is 0 Å². The summed E-state index contributed by atoms with van der Waals surface area (Å²) in [5.74, 6) is 0. The van der Waals surface area contributed by atoms with E-state index in [-0.39, 0.29) is 0 Å². The van der Waals surface area contributed by atoms with Gasteiger partial charge in [-0.05, 0) is 25.1 Å². The third-order valence-corrected chi connectivity index (χ3v) is 6.53. The van der Waals surface area contributed by atoms with E-state index < -0.39 is 9.84 Å². The lowest BCUT2D eigenvalue weighted by atomic mass is 10.2. The second-order valence-electron chi connectivity index (χ2n) is 6.22. The Bertz CT molecular complexity index is 1010. The predicted octanol–water partition coefficient (Wildman–Crippen LogP) is 2.11. The number of hydrogen-bond acceptors (Lipinski definition) is 5. The van der Waals surface area contributed by atoms with Gasteiger partial charge in [-0.1, -0.05) is 18.2 Å². The molecule has 6 nitrogen and oxygen atoms in total. The van der Waals surface area contributed by atoms with E-state index in [1.807, 2.05) is 18.3 Å². The number of sulfone groups is 1. The van der Waals surface area contributed by atoms with Gasteiger partial charge >= 0.3 is 0 Å². The zero-order chi connectivity index (χ0) is 17.4. The van der Waals surface area contributed by atoms with Gasteiger partial charge in [0.25, 0.3) is 0 Å². The Morgan fingerprint density at radius 1 is 1.12 bits per heavy atom. The van der Waals surface area contributed by atoms with Crippen LogP contribution in [-0.2, 0) is 9.84 Å². The van der Waals surface area contributed by atoms with Crippen LogP contribution in [0, 0.1) is 6.92 Å². The molecule has 130 valence electrons. The standard InChI is InChI=1S/C18H20N4O2S/c1-13-17(25(23,24)15-5-3-2-4-6-15)16-11-14(12-20-18(16)21-13)22-9-7-19-8-10-22/h2-6,11-12,19H,7-10H2,1H3,(H,20,21). The first-order valence-corrected chi connectivity index (χ1v) is 9.80. The van der Waals surface area contributed by atoms with Crippen LogP contribution in [0.3, 0.4) is 0 Å². The van der Waals surface area contributed by atoms with Crippen molar-refractivity contribution in [3.63, 3.8) is 0 Å². The number of aryl methyl sites for hydroxylation is 1. The minimum Gasteiger partial charge on any atom is -0.368 e. The van der Waals surface area contributed by atoms with Gasteiger partial charge in [-0.3, -0.25) is 0 Å². The number of nitrogens with zero attached hydrogens (tertiary/aromatic N) is 2. The maximum absolute atomic E-state index is 13.1. The fraction of sp³-hybridized carbons (Fsp3) is 0.278. The summed E-state index contributed by atoms with van der Waals surface area (Å²) in [7, 11) is -3.60. The third kappa shape index (κ3) is 2.79. The molecule has 1 saturated heterocycles. The van der Waals surface area contributed by atoms with E-state index in [0.717, 1.165) is 31.9 Å². The Kier molecular flexibility index (Phi) is 3.97. The molecule has 25 heavy (non-hydrogen) atoms. The minimum atomic E-state index is -3.60. The molecule has 4 rings (SSSR count). The second-order valence-corrected chi connectivity index (χ2v) is 8.11. The van der Waals surface area contributed by atoms with Crippen molar-refractivity contribution >= 4 is 26.6 Å². The lowest BCUT2D eigenvalue weighted by molar-refractivity contribution is 0.589. The quantitative estimate of drug-likeness (QED) is 0.752. The Balaban J connectivity index is 1.87. The molecule has 1 aromatic carbocycles. The van der Waals surface area contributed by atoms with Crippen LogP contribution in [-0.4, -0.2) is 44.6 Å². The van der Waals surface area contributed by atoms with Gasteiger partial charge in [0.05, 0.1) is 16.8 Å². The average molecular weight is 356 g/mol. The second kappa shape index (κ2) is 6.16. The number of aromatic amines is 1. The summed E-state index contributed by atoms with van der Waals surface area (Å²) < 4.78 is 26.3. The van der Waals surface area contributed by atoms with E-state index in [1.165, 1.54) is 0 Å². The molecule has 2 N–H and O–H groups in total. The smallest absolute Gasteiger partial charge is 0.209 e. The number of aromatic nitrogens is 2. The van der Waals surface area contributed by atoms with Crippen LogP contribution in [0.2, 0.25) is 0 Å². The van der Waals surface area contributed by atoms with E-state index in [2.05, 4.69) is 20.2 Å². The van der Waals surface area contributed by atoms with E-state index >= 15 is 0 Å². The number of benzene rings is 1. The van der Waals surface area contributed by atoms with Crippen LogP contribution < -0.4 is 10.2 Å². The number of nitrogens with one attached hydrogen (secondary N) is 2. The van der Waals surface area contributed by atoms with Gasteiger partial charge in [0, 0.05) is 37.3 Å². The first-order chi connectivity index (χ1) is 12.1. The summed E-state index contributed by atoms with van der Waals surface area (Å²) in [6.07, 6.45) is 1.81. The number of pyridine rings is 1. The monoisotopic (exact) mass is 356 g/mol. The van der Waals surface area contributed by atoms with E-state index in [0.29, 0.717) is 26.5 Å². The molecule has 0 radical (unpaired) electrons. The molecule has 0 bridgehead atoms. The molecule has 7 heteroatoms. The number of H-pyrrole nitrogens is 1. The Morgan fingerprint density at radius 3 is 2.56 bits per heavy atom. The first kappa shape index (κ1) is 16.1. The molecule has 0 unspecified atom stereocenters. The van der Waals surface area contributed by atoms with Gasteiger partial charge in [-0.2, -0.15) is 0 Å². The molecule has 0 amide bonds. The Labute approximate surface area is 146 Å². The van der Waals surface area contributed by atoms with Crippen molar-refractivity contribution in [2.45, 2.75) is 16.7 Å². The Morgan fingerprint density at radius 2 is 1.84 bits per heavy atom. The summed E-state index contributed by atoms with van der Waals surface area (Å²) in [5.41, 5.74) is 2.17. The molecule has 3 aromatic rings. The number of rotatable bonds is 3. The summed E-state index contributed by atoms with van der Waals surface area (Å²) in [5, 5.41) is 3.97. The molecule has 3 heterocycles. The zero-order valence-electron chi connectivity index (χ0n) is 14.0. The van der Waals surface area contributed by atoms with Crippen molar-refractivity contribution < 1.29 is 8.42 Å². The molecule has 1 fully saturated rings. The molecule has 0 spiro atoms. The van der Waals surface area contributed by atoms with Gasteiger partial charge in [0.1, 0.15) is 10.5 Å². The first-order valence-electron chi connectivity index (χ1n) is 8.31. The lowest BCUT2D eigenvalue weighted by Gasteiger charge is -2.29. The van der Waals surface area contributed by atoms with Crippen LogP contribution >= 0.6 is 0 Å². The van der Waals surface area contributed by atoms with Crippen molar-refractivity contribution in [3.05, 3.63) is 48.3 Å². The summed E-state index contributed by atoms with van der Waals surface area (Å²) in [6, 6.07) is 10.5. The highest BCUT2D eigenvalue weighted by atomic mass is 32.2. The van der Waals surface area contributed by atoms with E-state index in [1.54, 1.807) is 31.2 Å². The molecule has 0 saturated carbocycles. The van der Waals surface area contributed by atoms with E-state index in [4.69, 9.17) is 0 Å². The summed E-state index contributed by atoms with van der Waals surface area (Å²) >= 11 is 0. The molecule has 0 aliphatic carbocycles. The van der Waals surface area contributed by atoms with Crippen molar-refractivity contribution in [1.29, 1.82) is 0 Å². The lowest BCUT2D eigenvalue weighted by Crippen LogP contribution is -2.43. The van der Waals surface area contributed by atoms with Crippen LogP contribution in [0.25, 0.3) is 11.0 Å². The fourth-order valence-corrected chi connectivity index (χ4v) is 4.97. The minimum absolute atomic E-state index is 0.298. The largest absolute Gasteiger partial charge is 0.368 e. The molecular formula is C18H20N4O2S. The molecule has 2 aromatic heterocycles. The summed E-state index contributed by atoms with van der Waals surface area (Å²) in [4.78, 5) is 10.4. The number of fused-ring (bicyclic) bond motifs is 1. The predicted molar refractivity (Wildman–Crippen MR) is 97.8 cm³/mol. The van der Waals surface area contributed by atoms with Gasteiger partial charge in [0.2, 0.25) is 9.84 Å².